The Morgan fingerprint density at radius 2 is 1.74 bits per heavy atom. The average Bonchev–Trinajstić information content (AvgIpc) is 2.83. The number of ether oxygens (including phenoxy) is 2. The molecule has 0 spiro atoms. The van der Waals surface area contributed by atoms with Gasteiger partial charge >= 0.3 is 0 Å². The molecular formula is C24H24BrN3O5S. The zero-order valence-corrected chi connectivity index (χ0v) is 21.3. The molecule has 3 aromatic rings. The maximum absolute atomic E-state index is 13.3. The highest BCUT2D eigenvalue weighted by atomic mass is 79.9. The Morgan fingerprint density at radius 1 is 1.06 bits per heavy atom. The summed E-state index contributed by atoms with van der Waals surface area (Å²) in [6.45, 7) is 1.42. The van der Waals surface area contributed by atoms with Gasteiger partial charge in [0.1, 0.15) is 6.54 Å². The standard InChI is InChI=1S/C24H24BrN3O5S/c1-17-9-11-20(12-10-17)34(30,31)28(19-7-5-4-6-8-19)16-23(29)27-26-15-18-13-21(25)24(33-3)22(14-18)32-2/h4-15H,16H2,1-3H3,(H,27,29)/b26-15-. The Kier molecular flexibility index (Phi) is 8.30. The molecular weight excluding hydrogens is 522 g/mol. The first-order valence-electron chi connectivity index (χ1n) is 10.1. The summed E-state index contributed by atoms with van der Waals surface area (Å²) in [5.74, 6) is 0.419. The van der Waals surface area contributed by atoms with Gasteiger partial charge in [0.05, 0.1) is 35.5 Å². The van der Waals surface area contributed by atoms with Crippen LogP contribution in [0.1, 0.15) is 11.1 Å². The van der Waals surface area contributed by atoms with Gasteiger partial charge in [0.15, 0.2) is 11.5 Å². The molecule has 0 saturated heterocycles. The maximum atomic E-state index is 13.3. The summed E-state index contributed by atoms with van der Waals surface area (Å²) in [4.78, 5) is 12.7. The normalized spacial score (nSPS) is 11.3. The lowest BCUT2D eigenvalue weighted by atomic mass is 10.2. The molecule has 34 heavy (non-hydrogen) atoms. The van der Waals surface area contributed by atoms with E-state index in [1.165, 1.54) is 32.6 Å². The molecule has 178 valence electrons. The number of benzene rings is 3. The van der Waals surface area contributed by atoms with E-state index in [2.05, 4.69) is 26.5 Å². The largest absolute Gasteiger partial charge is 0.493 e. The Bertz CT molecular complexity index is 1280. The van der Waals surface area contributed by atoms with Crippen molar-refractivity contribution >= 4 is 43.8 Å². The molecule has 0 bridgehead atoms. The number of para-hydroxylation sites is 1. The van der Waals surface area contributed by atoms with E-state index >= 15 is 0 Å². The Labute approximate surface area is 207 Å². The molecule has 0 saturated carbocycles. The lowest BCUT2D eigenvalue weighted by molar-refractivity contribution is -0.119. The summed E-state index contributed by atoms with van der Waals surface area (Å²) >= 11 is 3.40. The number of halogens is 1. The van der Waals surface area contributed by atoms with Crippen LogP contribution in [0.3, 0.4) is 0 Å². The zero-order chi connectivity index (χ0) is 24.7. The van der Waals surface area contributed by atoms with E-state index in [1.54, 1.807) is 54.6 Å². The number of nitrogens with zero attached hydrogens (tertiary/aromatic N) is 2. The van der Waals surface area contributed by atoms with Crippen molar-refractivity contribution < 1.29 is 22.7 Å². The van der Waals surface area contributed by atoms with Gasteiger partial charge in [-0.2, -0.15) is 5.10 Å². The highest BCUT2D eigenvalue weighted by Gasteiger charge is 2.27. The third kappa shape index (κ3) is 5.95. The first kappa shape index (κ1) is 25.3. The highest BCUT2D eigenvalue weighted by molar-refractivity contribution is 9.10. The number of nitrogens with one attached hydrogen (secondary N) is 1. The molecule has 0 radical (unpaired) electrons. The number of hydrogen-bond acceptors (Lipinski definition) is 6. The SMILES string of the molecule is COc1cc(/C=N\NC(=O)CN(c2ccccc2)S(=O)(=O)c2ccc(C)cc2)cc(Br)c1OC. The molecule has 10 heteroatoms. The predicted molar refractivity (Wildman–Crippen MR) is 135 cm³/mol. The number of carbonyl (C=O) groups excluding carboxylic acids is 1. The van der Waals surface area contributed by atoms with Gasteiger partial charge in [-0.3, -0.25) is 9.10 Å². The predicted octanol–water partition coefficient (Wildman–Crippen LogP) is 4.12. The Hall–Kier alpha value is -3.37. The summed E-state index contributed by atoms with van der Waals surface area (Å²) in [6, 6.07) is 18.3. The Balaban J connectivity index is 1.80. The minimum Gasteiger partial charge on any atom is -0.493 e. The van der Waals surface area contributed by atoms with Gasteiger partial charge in [0.25, 0.3) is 15.9 Å². The van der Waals surface area contributed by atoms with Gasteiger partial charge in [0.2, 0.25) is 0 Å². The molecule has 1 N–H and O–H groups in total. The number of hydrogen-bond donors (Lipinski definition) is 1. The van der Waals surface area contributed by atoms with Gasteiger partial charge in [-0.1, -0.05) is 35.9 Å². The first-order chi connectivity index (χ1) is 16.3. The van der Waals surface area contributed by atoms with E-state index in [1.807, 2.05) is 6.92 Å². The number of carbonyl (C=O) groups is 1. The maximum Gasteiger partial charge on any atom is 0.264 e. The topological polar surface area (TPSA) is 97.3 Å². The van der Waals surface area contributed by atoms with Crippen molar-refractivity contribution in [3.8, 4) is 11.5 Å². The van der Waals surface area contributed by atoms with E-state index in [9.17, 15) is 13.2 Å². The molecule has 0 aliphatic carbocycles. The number of hydrazone groups is 1. The van der Waals surface area contributed by atoms with Crippen LogP contribution in [0.25, 0.3) is 0 Å². The lowest BCUT2D eigenvalue weighted by Gasteiger charge is -2.23. The monoisotopic (exact) mass is 545 g/mol. The molecule has 0 atom stereocenters. The highest BCUT2D eigenvalue weighted by Crippen LogP contribution is 2.35. The second kappa shape index (κ2) is 11.2. The molecule has 0 aliphatic heterocycles. The minimum absolute atomic E-state index is 0.0911. The van der Waals surface area contributed by atoms with Crippen LogP contribution in [0.2, 0.25) is 0 Å². The zero-order valence-electron chi connectivity index (χ0n) is 18.9. The van der Waals surface area contributed by atoms with Crippen LogP contribution in [0.4, 0.5) is 5.69 Å². The number of aryl methyl sites for hydroxylation is 1. The molecule has 3 aromatic carbocycles. The smallest absolute Gasteiger partial charge is 0.264 e. The number of methoxy groups -OCH3 is 2. The summed E-state index contributed by atoms with van der Waals surface area (Å²) in [7, 11) is -0.940. The summed E-state index contributed by atoms with van der Waals surface area (Å²) in [5, 5.41) is 3.96. The molecule has 0 unspecified atom stereocenters. The number of amides is 1. The Morgan fingerprint density at radius 3 is 2.35 bits per heavy atom. The molecule has 0 aromatic heterocycles. The van der Waals surface area contributed by atoms with Crippen molar-refractivity contribution in [1.29, 1.82) is 0 Å². The molecule has 0 fully saturated rings. The van der Waals surface area contributed by atoms with Crippen molar-refractivity contribution in [2.45, 2.75) is 11.8 Å². The first-order valence-corrected chi connectivity index (χ1v) is 12.4. The van der Waals surface area contributed by atoms with Crippen LogP contribution >= 0.6 is 15.9 Å². The summed E-state index contributed by atoms with van der Waals surface area (Å²) in [6.07, 6.45) is 1.42. The van der Waals surface area contributed by atoms with E-state index in [0.29, 0.717) is 27.2 Å². The van der Waals surface area contributed by atoms with Crippen LogP contribution in [0.15, 0.2) is 81.2 Å². The van der Waals surface area contributed by atoms with E-state index in [-0.39, 0.29) is 4.90 Å². The van der Waals surface area contributed by atoms with Gasteiger partial charge in [-0.05, 0) is 64.8 Å². The van der Waals surface area contributed by atoms with Crippen LogP contribution in [-0.4, -0.2) is 41.3 Å². The van der Waals surface area contributed by atoms with Crippen LogP contribution in [0, 0.1) is 6.92 Å². The van der Waals surface area contributed by atoms with Crippen molar-refractivity contribution in [2.75, 3.05) is 25.1 Å². The van der Waals surface area contributed by atoms with E-state index < -0.39 is 22.5 Å². The quantitative estimate of drug-likeness (QED) is 0.322. The van der Waals surface area contributed by atoms with Gasteiger partial charge in [-0.25, -0.2) is 13.8 Å². The van der Waals surface area contributed by atoms with Crippen molar-refractivity contribution in [1.82, 2.24) is 5.43 Å². The number of rotatable bonds is 9. The van der Waals surface area contributed by atoms with Gasteiger partial charge in [0, 0.05) is 0 Å². The van der Waals surface area contributed by atoms with E-state index in [0.717, 1.165) is 9.87 Å². The van der Waals surface area contributed by atoms with Gasteiger partial charge < -0.3 is 9.47 Å². The number of anilines is 1. The molecule has 8 nitrogen and oxygen atoms in total. The fourth-order valence-electron chi connectivity index (χ4n) is 3.10. The minimum atomic E-state index is -3.98. The average molecular weight is 546 g/mol. The van der Waals surface area contributed by atoms with Crippen LogP contribution in [-0.2, 0) is 14.8 Å². The lowest BCUT2D eigenvalue weighted by Crippen LogP contribution is -2.39. The summed E-state index contributed by atoms with van der Waals surface area (Å²) in [5.41, 5.74) is 4.32. The second-order valence-electron chi connectivity index (χ2n) is 7.19. The van der Waals surface area contributed by atoms with Crippen LogP contribution in [0.5, 0.6) is 11.5 Å². The molecule has 1 amide bonds. The fraction of sp³-hybridized carbons (Fsp3) is 0.167. The molecule has 0 aliphatic rings. The molecule has 3 rings (SSSR count). The van der Waals surface area contributed by atoms with Crippen molar-refractivity contribution in [3.05, 3.63) is 82.3 Å². The molecule has 0 heterocycles. The third-order valence-corrected chi connectivity index (χ3v) is 7.18. The van der Waals surface area contributed by atoms with Crippen LogP contribution < -0.4 is 19.2 Å². The number of sulfonamides is 1. The third-order valence-electron chi connectivity index (χ3n) is 4.80. The van der Waals surface area contributed by atoms with Gasteiger partial charge in [-0.15, -0.1) is 0 Å². The van der Waals surface area contributed by atoms with Crippen molar-refractivity contribution in [3.63, 3.8) is 0 Å². The van der Waals surface area contributed by atoms with E-state index in [4.69, 9.17) is 9.47 Å². The summed E-state index contributed by atoms with van der Waals surface area (Å²) < 4.78 is 38.9. The van der Waals surface area contributed by atoms with Crippen molar-refractivity contribution in [2.24, 2.45) is 5.10 Å². The second-order valence-corrected chi connectivity index (χ2v) is 9.91. The fourth-order valence-corrected chi connectivity index (χ4v) is 5.15.